The summed E-state index contributed by atoms with van der Waals surface area (Å²) in [6.45, 7) is 19.7. The summed E-state index contributed by atoms with van der Waals surface area (Å²) in [5, 5.41) is 35.5. The fourth-order valence-electron chi connectivity index (χ4n) is 11.9. The first-order valence-corrected chi connectivity index (χ1v) is 17.6. The first kappa shape index (κ1) is 33.8. The van der Waals surface area contributed by atoms with Gasteiger partial charge in [-0.25, -0.2) is 0 Å². The lowest BCUT2D eigenvalue weighted by Gasteiger charge is -2.70. The molecule has 0 aromatic heterocycles. The van der Waals surface area contributed by atoms with Crippen molar-refractivity contribution in [1.82, 2.24) is 5.32 Å². The number of phenols is 1. The summed E-state index contributed by atoms with van der Waals surface area (Å²) in [6.07, 6.45) is 2.96. The van der Waals surface area contributed by atoms with Gasteiger partial charge in [0, 0.05) is 35.8 Å². The van der Waals surface area contributed by atoms with E-state index in [0.717, 1.165) is 30.4 Å². The molecule has 1 aromatic rings. The Labute approximate surface area is 275 Å². The van der Waals surface area contributed by atoms with E-state index in [1.165, 1.54) is 5.57 Å². The number of aliphatic hydroxyl groups excluding tert-OH is 2. The molecule has 46 heavy (non-hydrogen) atoms. The zero-order chi connectivity index (χ0) is 33.8. The number of aliphatic hydroxyl groups is 2. The summed E-state index contributed by atoms with van der Waals surface area (Å²) in [5.41, 5.74) is 1.29. The monoisotopic (exact) mass is 635 g/mol. The number of fused-ring (bicyclic) bond motifs is 5. The normalized spacial score (nSPS) is 41.3. The fourth-order valence-corrected chi connectivity index (χ4v) is 11.9. The molecular weight excluding hydrogens is 578 g/mol. The quantitative estimate of drug-likeness (QED) is 0.255. The minimum absolute atomic E-state index is 0.0197. The van der Waals surface area contributed by atoms with Gasteiger partial charge in [0.15, 0.2) is 5.78 Å². The molecule has 11 unspecified atom stereocenters. The number of allylic oxidation sites excluding steroid dienone is 2. The Morgan fingerprint density at radius 3 is 2.30 bits per heavy atom. The van der Waals surface area contributed by atoms with Gasteiger partial charge < -0.3 is 25.4 Å². The van der Waals surface area contributed by atoms with Gasteiger partial charge in [0.1, 0.15) is 17.6 Å². The second-order valence-corrected chi connectivity index (χ2v) is 17.7. The summed E-state index contributed by atoms with van der Waals surface area (Å²) < 4.78 is 5.74. The predicted octanol–water partition coefficient (Wildman–Crippen LogP) is 6.10. The standard InChI is InChI=1S/C39H57NO6/c1-21(15-28(43)34-36(5,6)46-34)31-26-13-14-30-37(7)17-25(23-11-10-12-24(42)16-23)33(45)35(3,4)32(37)27(40-20-22(2)41)18-39(30,9)38(26,8)19-29(31)44/h10-12,16,21-22,25,27-28,30,32,34,40-43H,13-15,17-20H2,1-9H3. The van der Waals surface area contributed by atoms with Crippen molar-refractivity contribution in [3.05, 3.63) is 41.0 Å². The van der Waals surface area contributed by atoms with E-state index in [1.807, 2.05) is 26.0 Å². The van der Waals surface area contributed by atoms with Gasteiger partial charge in [-0.3, -0.25) is 9.59 Å². The van der Waals surface area contributed by atoms with E-state index in [9.17, 15) is 24.9 Å². The molecule has 5 aliphatic rings. The molecule has 0 spiro atoms. The fraction of sp³-hybridized carbons (Fsp3) is 0.744. The van der Waals surface area contributed by atoms with Crippen LogP contribution in [0.5, 0.6) is 5.75 Å². The van der Waals surface area contributed by atoms with Gasteiger partial charge in [0.05, 0.1) is 17.8 Å². The number of phenolic OH excluding ortho intramolecular Hbond substituents is 1. The number of carbonyl (C=O) groups is 2. The lowest BCUT2D eigenvalue weighted by atomic mass is 9.34. The van der Waals surface area contributed by atoms with E-state index in [1.54, 1.807) is 19.1 Å². The Balaban J connectivity index is 1.42. The molecule has 1 aromatic carbocycles. The van der Waals surface area contributed by atoms with Crippen LogP contribution < -0.4 is 5.32 Å². The lowest BCUT2D eigenvalue weighted by molar-refractivity contribution is -0.193. The highest BCUT2D eigenvalue weighted by molar-refractivity contribution is 6.00. The van der Waals surface area contributed by atoms with E-state index in [0.29, 0.717) is 25.8 Å². The van der Waals surface area contributed by atoms with E-state index in [4.69, 9.17) is 4.74 Å². The average Bonchev–Trinajstić information content (AvgIpc) is 3.49. The summed E-state index contributed by atoms with van der Waals surface area (Å²) >= 11 is 0. The highest BCUT2D eigenvalue weighted by atomic mass is 16.6. The zero-order valence-corrected chi connectivity index (χ0v) is 29.4. The number of hydrogen-bond donors (Lipinski definition) is 4. The molecule has 254 valence electrons. The van der Waals surface area contributed by atoms with Crippen LogP contribution in [0, 0.1) is 39.4 Å². The molecule has 0 bridgehead atoms. The van der Waals surface area contributed by atoms with Gasteiger partial charge in [-0.2, -0.15) is 0 Å². The number of aromatic hydroxyl groups is 1. The van der Waals surface area contributed by atoms with Crippen molar-refractivity contribution in [3.8, 4) is 5.75 Å². The van der Waals surface area contributed by atoms with Crippen molar-refractivity contribution in [1.29, 1.82) is 0 Å². The third-order valence-corrected chi connectivity index (χ3v) is 13.9. The van der Waals surface area contributed by atoms with Gasteiger partial charge in [0.25, 0.3) is 0 Å². The van der Waals surface area contributed by atoms with Crippen molar-refractivity contribution in [3.63, 3.8) is 0 Å². The Morgan fingerprint density at radius 1 is 1.02 bits per heavy atom. The number of hydrogen-bond acceptors (Lipinski definition) is 7. The highest BCUT2D eigenvalue weighted by Crippen LogP contribution is 2.74. The van der Waals surface area contributed by atoms with Crippen LogP contribution in [0.1, 0.15) is 112 Å². The van der Waals surface area contributed by atoms with Gasteiger partial charge in [0.2, 0.25) is 0 Å². The maximum absolute atomic E-state index is 14.4. The molecule has 1 aliphatic heterocycles. The first-order valence-electron chi connectivity index (χ1n) is 17.6. The molecule has 7 heteroatoms. The number of ketones is 2. The minimum atomic E-state index is -0.641. The van der Waals surface area contributed by atoms with E-state index in [-0.39, 0.29) is 75.0 Å². The molecule has 1 saturated heterocycles. The number of carbonyl (C=O) groups excluding carboxylic acids is 2. The number of epoxide rings is 1. The molecular formula is C39H57NO6. The Hall–Kier alpha value is -2.06. The van der Waals surface area contributed by atoms with Crippen LogP contribution >= 0.6 is 0 Å². The van der Waals surface area contributed by atoms with Gasteiger partial charge in [-0.15, -0.1) is 0 Å². The summed E-state index contributed by atoms with van der Waals surface area (Å²) in [6, 6.07) is 7.19. The van der Waals surface area contributed by atoms with Crippen LogP contribution in [0.3, 0.4) is 0 Å². The van der Waals surface area contributed by atoms with E-state index in [2.05, 4.69) is 46.9 Å². The molecule has 4 aliphatic carbocycles. The summed E-state index contributed by atoms with van der Waals surface area (Å²) in [4.78, 5) is 28.5. The number of Topliss-reactive ketones (excluding diaryl/α,β-unsaturated/α-hetero) is 2. The topological polar surface area (TPSA) is 119 Å². The van der Waals surface area contributed by atoms with Crippen LogP contribution in [0.15, 0.2) is 35.4 Å². The van der Waals surface area contributed by atoms with Crippen LogP contribution in [0.2, 0.25) is 0 Å². The molecule has 0 radical (unpaired) electrons. The molecule has 6 rings (SSSR count). The molecule has 4 N–H and O–H groups in total. The van der Waals surface area contributed by atoms with Crippen LogP contribution in [-0.2, 0) is 14.3 Å². The number of benzene rings is 1. The van der Waals surface area contributed by atoms with Gasteiger partial charge in [-0.05, 0) is 105 Å². The Kier molecular flexibility index (Phi) is 8.07. The maximum Gasteiger partial charge on any atom is 0.159 e. The molecule has 0 amide bonds. The molecule has 7 nitrogen and oxygen atoms in total. The third-order valence-electron chi connectivity index (χ3n) is 13.9. The van der Waals surface area contributed by atoms with Crippen LogP contribution in [-0.4, -0.2) is 63.4 Å². The van der Waals surface area contributed by atoms with Crippen molar-refractivity contribution in [2.45, 2.75) is 137 Å². The summed E-state index contributed by atoms with van der Waals surface area (Å²) in [5.74, 6) is 0.523. The average molecular weight is 636 g/mol. The van der Waals surface area contributed by atoms with Crippen molar-refractivity contribution in [2.24, 2.45) is 39.4 Å². The maximum atomic E-state index is 14.4. The number of rotatable bonds is 8. The van der Waals surface area contributed by atoms with Crippen molar-refractivity contribution >= 4 is 11.6 Å². The number of ether oxygens (including phenoxy) is 1. The number of nitrogens with one attached hydrogen (secondary N) is 1. The van der Waals surface area contributed by atoms with Crippen LogP contribution in [0.4, 0.5) is 0 Å². The van der Waals surface area contributed by atoms with Gasteiger partial charge in [-0.1, -0.05) is 59.2 Å². The second-order valence-electron chi connectivity index (χ2n) is 17.7. The minimum Gasteiger partial charge on any atom is -0.508 e. The summed E-state index contributed by atoms with van der Waals surface area (Å²) in [7, 11) is 0. The van der Waals surface area contributed by atoms with E-state index >= 15 is 0 Å². The Bertz CT molecular complexity index is 1450. The van der Waals surface area contributed by atoms with Crippen molar-refractivity contribution in [2.75, 3.05) is 6.54 Å². The lowest BCUT2D eigenvalue weighted by Crippen LogP contribution is -2.69. The zero-order valence-electron chi connectivity index (χ0n) is 29.4. The first-order chi connectivity index (χ1) is 21.3. The van der Waals surface area contributed by atoms with E-state index < -0.39 is 17.6 Å². The molecule has 1 heterocycles. The van der Waals surface area contributed by atoms with Gasteiger partial charge >= 0.3 is 0 Å². The van der Waals surface area contributed by atoms with Crippen molar-refractivity contribution < 1.29 is 29.6 Å². The predicted molar refractivity (Wildman–Crippen MR) is 178 cm³/mol. The SMILES string of the molecule is CC(O)CNC1CC2(C)C(CCC3=C(C(C)CC(O)C4OC4(C)C)C(=O)CC32C)C2(C)CC(c3cccc(O)c3)C(=O)C(C)(C)C12. The largest absolute Gasteiger partial charge is 0.508 e. The molecule has 11 atom stereocenters. The third kappa shape index (κ3) is 4.97. The highest BCUT2D eigenvalue weighted by Gasteiger charge is 2.71. The van der Waals surface area contributed by atoms with Crippen LogP contribution in [0.25, 0.3) is 0 Å². The molecule has 4 fully saturated rings. The smallest absolute Gasteiger partial charge is 0.159 e. The Morgan fingerprint density at radius 2 is 1.70 bits per heavy atom. The molecule has 3 saturated carbocycles. The second kappa shape index (κ2) is 11.0.